The van der Waals surface area contributed by atoms with Gasteiger partial charge in [-0.2, -0.15) is 0 Å². The zero-order valence-corrected chi connectivity index (χ0v) is 14.8. The van der Waals surface area contributed by atoms with Crippen LogP contribution in [0, 0.1) is 0 Å². The molecule has 0 bridgehead atoms. The molecule has 26 heavy (non-hydrogen) atoms. The Bertz CT molecular complexity index is 778. The van der Waals surface area contributed by atoms with Crippen LogP contribution in [0.2, 0.25) is 0 Å². The second kappa shape index (κ2) is 8.99. The molecule has 1 aliphatic rings. The highest BCUT2D eigenvalue weighted by molar-refractivity contribution is 6.07. The minimum atomic E-state index is -0.258. The number of para-hydroxylation sites is 1. The Kier molecular flexibility index (Phi) is 6.20. The average Bonchev–Trinajstić information content (AvgIpc) is 2.68. The van der Waals surface area contributed by atoms with Crippen molar-refractivity contribution < 1.29 is 9.59 Å². The normalized spacial score (nSPS) is 14.9. The monoisotopic (exact) mass is 348 g/mol. The van der Waals surface area contributed by atoms with E-state index in [4.69, 9.17) is 0 Å². The van der Waals surface area contributed by atoms with Crippen molar-refractivity contribution in [3.63, 3.8) is 0 Å². The van der Waals surface area contributed by atoms with Crippen molar-refractivity contribution in [1.29, 1.82) is 0 Å². The summed E-state index contributed by atoms with van der Waals surface area (Å²) >= 11 is 0. The number of carbonyl (C=O) groups excluding carboxylic acids is 2. The molecule has 0 aliphatic heterocycles. The number of amides is 2. The summed E-state index contributed by atoms with van der Waals surface area (Å²) in [7, 11) is 0. The standard InChI is InChI=1S/C22H24N2O2/c25-21(16-15-17-9-3-1-4-10-17)24-20-14-8-7-13-19(20)22(26)23-18-11-5-2-6-12-18/h1,3-4,7-10,13-16,18H,2,5-6,11-12H2,(H,23,26)(H,24,25)/b16-15+. The quantitative estimate of drug-likeness (QED) is 0.787. The summed E-state index contributed by atoms with van der Waals surface area (Å²) in [5.41, 5.74) is 1.98. The highest BCUT2D eigenvalue weighted by Gasteiger charge is 2.18. The smallest absolute Gasteiger partial charge is 0.253 e. The van der Waals surface area contributed by atoms with Crippen LogP contribution >= 0.6 is 0 Å². The molecule has 4 nitrogen and oxygen atoms in total. The van der Waals surface area contributed by atoms with Gasteiger partial charge in [-0.15, -0.1) is 0 Å². The largest absolute Gasteiger partial charge is 0.349 e. The van der Waals surface area contributed by atoms with E-state index in [1.165, 1.54) is 12.5 Å². The highest BCUT2D eigenvalue weighted by Crippen LogP contribution is 2.20. The summed E-state index contributed by atoms with van der Waals surface area (Å²) in [6, 6.07) is 17.0. The molecule has 0 radical (unpaired) electrons. The van der Waals surface area contributed by atoms with E-state index in [1.807, 2.05) is 42.5 Å². The van der Waals surface area contributed by atoms with E-state index in [9.17, 15) is 9.59 Å². The minimum absolute atomic E-state index is 0.125. The SMILES string of the molecule is O=C(/C=C/c1ccccc1)Nc1ccccc1C(=O)NC1CCCCC1. The maximum absolute atomic E-state index is 12.6. The van der Waals surface area contributed by atoms with Crippen molar-refractivity contribution in [2.75, 3.05) is 5.32 Å². The number of benzene rings is 2. The highest BCUT2D eigenvalue weighted by atomic mass is 16.2. The molecule has 2 amide bonds. The van der Waals surface area contributed by atoms with Crippen LogP contribution in [0.4, 0.5) is 5.69 Å². The van der Waals surface area contributed by atoms with Gasteiger partial charge in [0.2, 0.25) is 5.91 Å². The molecule has 134 valence electrons. The summed E-state index contributed by atoms with van der Waals surface area (Å²) in [4.78, 5) is 24.8. The minimum Gasteiger partial charge on any atom is -0.349 e. The first kappa shape index (κ1) is 17.9. The lowest BCUT2D eigenvalue weighted by molar-refractivity contribution is -0.111. The van der Waals surface area contributed by atoms with E-state index in [0.29, 0.717) is 11.3 Å². The molecule has 0 spiro atoms. The number of nitrogens with one attached hydrogen (secondary N) is 2. The number of hydrogen-bond donors (Lipinski definition) is 2. The summed E-state index contributed by atoms with van der Waals surface area (Å²) in [6.07, 6.45) is 8.85. The molecule has 1 fully saturated rings. The van der Waals surface area contributed by atoms with Crippen LogP contribution in [0.3, 0.4) is 0 Å². The Morgan fingerprint density at radius 1 is 0.885 bits per heavy atom. The molecule has 3 rings (SSSR count). The number of hydrogen-bond acceptors (Lipinski definition) is 2. The molecule has 2 aromatic rings. The number of anilines is 1. The van der Waals surface area contributed by atoms with Crippen LogP contribution in [-0.2, 0) is 4.79 Å². The van der Waals surface area contributed by atoms with Gasteiger partial charge in [-0.25, -0.2) is 0 Å². The van der Waals surface area contributed by atoms with E-state index in [2.05, 4.69) is 10.6 Å². The van der Waals surface area contributed by atoms with Gasteiger partial charge in [-0.05, 0) is 36.6 Å². The van der Waals surface area contributed by atoms with Gasteiger partial charge < -0.3 is 10.6 Å². The van der Waals surface area contributed by atoms with Crippen molar-refractivity contribution in [3.8, 4) is 0 Å². The zero-order chi connectivity index (χ0) is 18.2. The summed E-state index contributed by atoms with van der Waals surface area (Å²) in [5, 5.41) is 5.91. The van der Waals surface area contributed by atoms with Gasteiger partial charge >= 0.3 is 0 Å². The van der Waals surface area contributed by atoms with E-state index in [-0.39, 0.29) is 17.9 Å². The first-order valence-electron chi connectivity index (χ1n) is 9.16. The van der Waals surface area contributed by atoms with Gasteiger partial charge in [0.25, 0.3) is 5.91 Å². The molecule has 1 aliphatic carbocycles. The maximum Gasteiger partial charge on any atom is 0.253 e. The van der Waals surface area contributed by atoms with Crippen LogP contribution in [0.1, 0.15) is 48.0 Å². The molecule has 4 heteroatoms. The Hall–Kier alpha value is -2.88. The fraction of sp³-hybridized carbons (Fsp3) is 0.273. The van der Waals surface area contributed by atoms with Gasteiger partial charge in [0.05, 0.1) is 11.3 Å². The molecule has 0 aromatic heterocycles. The molecule has 0 heterocycles. The molecule has 0 saturated heterocycles. The lowest BCUT2D eigenvalue weighted by Gasteiger charge is -2.23. The van der Waals surface area contributed by atoms with Gasteiger partial charge in [0.1, 0.15) is 0 Å². The second-order valence-corrected chi connectivity index (χ2v) is 6.59. The number of carbonyl (C=O) groups is 2. The molecule has 0 atom stereocenters. The Labute approximate surface area is 154 Å². The van der Waals surface area contributed by atoms with Crippen LogP contribution in [-0.4, -0.2) is 17.9 Å². The number of rotatable bonds is 5. The Balaban J connectivity index is 1.65. The fourth-order valence-electron chi connectivity index (χ4n) is 3.21. The maximum atomic E-state index is 12.6. The third-order valence-corrected chi connectivity index (χ3v) is 4.60. The Morgan fingerprint density at radius 2 is 1.58 bits per heavy atom. The predicted molar refractivity (Wildman–Crippen MR) is 105 cm³/mol. The zero-order valence-electron chi connectivity index (χ0n) is 14.8. The summed E-state index contributed by atoms with van der Waals surface area (Å²) < 4.78 is 0. The molecular formula is C22H24N2O2. The second-order valence-electron chi connectivity index (χ2n) is 6.59. The third kappa shape index (κ3) is 5.06. The van der Waals surface area contributed by atoms with Crippen molar-refractivity contribution in [1.82, 2.24) is 5.32 Å². The van der Waals surface area contributed by atoms with Gasteiger partial charge in [-0.1, -0.05) is 61.7 Å². The van der Waals surface area contributed by atoms with E-state index in [0.717, 1.165) is 31.2 Å². The summed E-state index contributed by atoms with van der Waals surface area (Å²) in [5.74, 6) is -0.383. The van der Waals surface area contributed by atoms with Crippen molar-refractivity contribution in [3.05, 3.63) is 71.8 Å². The molecule has 0 unspecified atom stereocenters. The molecule has 2 aromatic carbocycles. The van der Waals surface area contributed by atoms with Gasteiger partial charge in [-0.3, -0.25) is 9.59 Å². The van der Waals surface area contributed by atoms with Gasteiger partial charge in [0.15, 0.2) is 0 Å². The van der Waals surface area contributed by atoms with Crippen molar-refractivity contribution >= 4 is 23.6 Å². The van der Waals surface area contributed by atoms with Gasteiger partial charge in [0, 0.05) is 12.1 Å². The van der Waals surface area contributed by atoms with Crippen LogP contribution in [0.25, 0.3) is 6.08 Å². The first-order chi connectivity index (χ1) is 12.7. The topological polar surface area (TPSA) is 58.2 Å². The van der Waals surface area contributed by atoms with E-state index < -0.39 is 0 Å². The first-order valence-corrected chi connectivity index (χ1v) is 9.16. The van der Waals surface area contributed by atoms with E-state index in [1.54, 1.807) is 18.2 Å². The molecule has 1 saturated carbocycles. The Morgan fingerprint density at radius 3 is 2.35 bits per heavy atom. The molecule has 2 N–H and O–H groups in total. The van der Waals surface area contributed by atoms with Crippen molar-refractivity contribution in [2.45, 2.75) is 38.1 Å². The third-order valence-electron chi connectivity index (χ3n) is 4.60. The lowest BCUT2D eigenvalue weighted by atomic mass is 9.95. The summed E-state index contributed by atoms with van der Waals surface area (Å²) in [6.45, 7) is 0. The van der Waals surface area contributed by atoms with E-state index >= 15 is 0 Å². The average molecular weight is 348 g/mol. The van der Waals surface area contributed by atoms with Crippen molar-refractivity contribution in [2.24, 2.45) is 0 Å². The predicted octanol–water partition coefficient (Wildman–Crippen LogP) is 4.40. The fourth-order valence-corrected chi connectivity index (χ4v) is 3.21. The molecular weight excluding hydrogens is 324 g/mol. The van der Waals surface area contributed by atoms with Crippen LogP contribution in [0.15, 0.2) is 60.7 Å². The van der Waals surface area contributed by atoms with Crippen LogP contribution in [0.5, 0.6) is 0 Å². The van der Waals surface area contributed by atoms with Crippen LogP contribution < -0.4 is 10.6 Å². The lowest BCUT2D eigenvalue weighted by Crippen LogP contribution is -2.36.